The Morgan fingerprint density at radius 2 is 2.04 bits per heavy atom. The summed E-state index contributed by atoms with van der Waals surface area (Å²) in [7, 11) is 0. The van der Waals surface area contributed by atoms with Gasteiger partial charge in [-0.25, -0.2) is 0 Å². The second-order valence-electron chi connectivity index (χ2n) is 6.87. The molecule has 0 aromatic carbocycles. The minimum atomic E-state index is -4.70. The molecule has 6 nitrogen and oxygen atoms in total. The summed E-state index contributed by atoms with van der Waals surface area (Å²) in [6.45, 7) is 3.98. The number of hydrogen-bond donors (Lipinski definition) is 0. The van der Waals surface area contributed by atoms with Gasteiger partial charge in [0.15, 0.2) is 0 Å². The van der Waals surface area contributed by atoms with Crippen LogP contribution in [0.4, 0.5) is 13.2 Å². The predicted octanol–water partition coefficient (Wildman–Crippen LogP) is 3.92. The van der Waals surface area contributed by atoms with Crippen LogP contribution in [0.2, 0.25) is 0 Å². The number of alkyl halides is 3. The maximum atomic E-state index is 12.6. The molecule has 0 aliphatic heterocycles. The van der Waals surface area contributed by atoms with Crippen molar-refractivity contribution in [2.75, 3.05) is 0 Å². The molecule has 2 aromatic rings. The van der Waals surface area contributed by atoms with Gasteiger partial charge in [0, 0.05) is 17.3 Å². The quantitative estimate of drug-likeness (QED) is 0.657. The highest BCUT2D eigenvalue weighted by atomic mass is 32.1. The number of carbonyl (C=O) groups excluding carboxylic acids is 2. The first-order chi connectivity index (χ1) is 12.6. The number of nitrogens with zero attached hydrogens (tertiary/aromatic N) is 3. The Labute approximate surface area is 157 Å². The molecule has 0 radical (unpaired) electrons. The Bertz CT molecular complexity index is 840. The molecule has 0 N–H and O–H groups in total. The number of Topliss-reactive ketones (excluding diaryl/α,β-unsaturated/α-hetero) is 1. The number of thiophene rings is 1. The van der Waals surface area contributed by atoms with Crippen LogP contribution in [0.5, 0.6) is 0 Å². The van der Waals surface area contributed by atoms with Gasteiger partial charge < -0.3 is 9.42 Å². The van der Waals surface area contributed by atoms with Crippen molar-refractivity contribution < 1.29 is 27.3 Å². The van der Waals surface area contributed by atoms with E-state index in [-0.39, 0.29) is 30.7 Å². The molecule has 2 heterocycles. The minimum absolute atomic E-state index is 0.0427. The Kier molecular flexibility index (Phi) is 5.36. The zero-order chi connectivity index (χ0) is 19.8. The molecule has 2 aromatic heterocycles. The van der Waals surface area contributed by atoms with Crippen molar-refractivity contribution in [1.29, 1.82) is 0 Å². The average molecular weight is 401 g/mol. The van der Waals surface area contributed by atoms with Gasteiger partial charge in [0.25, 0.3) is 5.91 Å². The first kappa shape index (κ1) is 19.5. The molecular weight excluding hydrogens is 383 g/mol. The summed E-state index contributed by atoms with van der Waals surface area (Å²) < 4.78 is 42.0. The lowest BCUT2D eigenvalue weighted by Crippen LogP contribution is -2.38. The van der Waals surface area contributed by atoms with Crippen LogP contribution >= 0.6 is 11.3 Å². The fourth-order valence-corrected chi connectivity index (χ4v) is 3.49. The van der Waals surface area contributed by atoms with Gasteiger partial charge in [0.2, 0.25) is 11.6 Å². The minimum Gasteiger partial charge on any atom is -0.329 e. The van der Waals surface area contributed by atoms with Crippen molar-refractivity contribution in [2.45, 2.75) is 51.9 Å². The van der Waals surface area contributed by atoms with Crippen LogP contribution < -0.4 is 0 Å². The van der Waals surface area contributed by atoms with Crippen LogP contribution in [-0.4, -0.2) is 32.8 Å². The van der Waals surface area contributed by atoms with Gasteiger partial charge in [0.05, 0.1) is 11.4 Å². The Morgan fingerprint density at radius 1 is 1.33 bits per heavy atom. The summed E-state index contributed by atoms with van der Waals surface area (Å²) in [6.07, 6.45) is -2.81. The topological polar surface area (TPSA) is 76.3 Å². The number of amides is 1. The molecule has 1 aliphatic rings. The Hall–Kier alpha value is -2.23. The number of carbonyl (C=O) groups is 2. The van der Waals surface area contributed by atoms with Gasteiger partial charge >= 0.3 is 12.1 Å². The van der Waals surface area contributed by atoms with E-state index < -0.39 is 23.8 Å². The highest BCUT2D eigenvalue weighted by Crippen LogP contribution is 2.34. The standard InChI is InChI=1S/C17H18F3N3O3S/c1-9(2)7-12(24)15(25)23(10-3-4-10)8-11-5-6-13(27-11)14-21-16(26-22-14)17(18,19)20/h5-6,9-10H,3-4,7-8H2,1-2H3. The van der Waals surface area contributed by atoms with E-state index in [1.54, 1.807) is 17.0 Å². The lowest BCUT2D eigenvalue weighted by molar-refractivity contribution is -0.159. The number of hydrogen-bond acceptors (Lipinski definition) is 6. The molecule has 3 rings (SSSR count). The molecule has 1 saturated carbocycles. The third-order valence-corrected chi connectivity index (χ3v) is 5.02. The second kappa shape index (κ2) is 7.41. The summed E-state index contributed by atoms with van der Waals surface area (Å²) in [5.74, 6) is -2.38. The summed E-state index contributed by atoms with van der Waals surface area (Å²) in [5.41, 5.74) is 0. The maximum Gasteiger partial charge on any atom is 0.471 e. The lowest BCUT2D eigenvalue weighted by atomic mass is 10.1. The third kappa shape index (κ3) is 4.74. The second-order valence-corrected chi connectivity index (χ2v) is 8.04. The van der Waals surface area contributed by atoms with E-state index in [1.807, 2.05) is 13.8 Å². The van der Waals surface area contributed by atoms with Crippen molar-refractivity contribution in [3.63, 3.8) is 0 Å². The molecule has 10 heteroatoms. The van der Waals surface area contributed by atoms with Gasteiger partial charge in [0.1, 0.15) is 0 Å². The normalized spacial score (nSPS) is 14.6. The lowest BCUT2D eigenvalue weighted by Gasteiger charge is -2.21. The van der Waals surface area contributed by atoms with Crippen molar-refractivity contribution in [2.24, 2.45) is 5.92 Å². The van der Waals surface area contributed by atoms with Gasteiger partial charge in [-0.15, -0.1) is 11.3 Å². The molecule has 0 saturated heterocycles. The fourth-order valence-electron chi connectivity index (χ4n) is 2.56. The summed E-state index contributed by atoms with van der Waals surface area (Å²) in [4.78, 5) is 30.6. The fraction of sp³-hybridized carbons (Fsp3) is 0.529. The van der Waals surface area contributed by atoms with E-state index in [2.05, 4.69) is 14.7 Å². The Balaban J connectivity index is 1.72. The number of rotatable bonds is 7. The van der Waals surface area contributed by atoms with Crippen molar-refractivity contribution in [3.05, 3.63) is 22.9 Å². The molecule has 0 atom stereocenters. The molecule has 146 valence electrons. The van der Waals surface area contributed by atoms with E-state index >= 15 is 0 Å². The molecule has 0 spiro atoms. The van der Waals surface area contributed by atoms with Crippen molar-refractivity contribution in [1.82, 2.24) is 15.0 Å². The van der Waals surface area contributed by atoms with Gasteiger partial charge in [-0.3, -0.25) is 9.59 Å². The maximum absolute atomic E-state index is 12.6. The molecule has 27 heavy (non-hydrogen) atoms. The summed E-state index contributed by atoms with van der Waals surface area (Å²) in [6, 6.07) is 3.32. The van der Waals surface area contributed by atoms with Crippen LogP contribution in [0, 0.1) is 5.92 Å². The van der Waals surface area contributed by atoms with E-state index in [4.69, 9.17) is 0 Å². The van der Waals surface area contributed by atoms with Crippen LogP contribution in [0.25, 0.3) is 10.7 Å². The van der Waals surface area contributed by atoms with E-state index in [0.29, 0.717) is 4.88 Å². The van der Waals surface area contributed by atoms with E-state index in [9.17, 15) is 22.8 Å². The van der Waals surface area contributed by atoms with Crippen molar-refractivity contribution in [3.8, 4) is 10.7 Å². The monoisotopic (exact) mass is 401 g/mol. The summed E-state index contributed by atoms with van der Waals surface area (Å²) in [5, 5.41) is 3.36. The molecule has 1 aliphatic carbocycles. The first-order valence-corrected chi connectivity index (χ1v) is 9.30. The van der Waals surface area contributed by atoms with Gasteiger partial charge in [-0.05, 0) is 30.9 Å². The first-order valence-electron chi connectivity index (χ1n) is 8.49. The Morgan fingerprint density at radius 3 is 2.59 bits per heavy atom. The summed E-state index contributed by atoms with van der Waals surface area (Å²) >= 11 is 1.17. The highest BCUT2D eigenvalue weighted by Gasteiger charge is 2.39. The van der Waals surface area contributed by atoms with Crippen LogP contribution in [0.3, 0.4) is 0 Å². The largest absolute Gasteiger partial charge is 0.471 e. The molecular formula is C17H18F3N3O3S. The molecule has 0 bridgehead atoms. The smallest absolute Gasteiger partial charge is 0.329 e. The number of halogens is 3. The number of ketones is 1. The predicted molar refractivity (Wildman–Crippen MR) is 90.6 cm³/mol. The third-order valence-electron chi connectivity index (χ3n) is 3.96. The van der Waals surface area contributed by atoms with Gasteiger partial charge in [-0.2, -0.15) is 18.2 Å². The highest BCUT2D eigenvalue weighted by molar-refractivity contribution is 7.15. The SMILES string of the molecule is CC(C)CC(=O)C(=O)N(Cc1ccc(-c2noc(C(F)(F)F)n2)s1)C1CC1. The zero-order valence-electron chi connectivity index (χ0n) is 14.7. The van der Waals surface area contributed by atoms with E-state index in [0.717, 1.165) is 17.7 Å². The van der Waals surface area contributed by atoms with E-state index in [1.165, 1.54) is 11.3 Å². The molecule has 0 unspecified atom stereocenters. The zero-order valence-corrected chi connectivity index (χ0v) is 15.6. The molecule has 1 fully saturated rings. The van der Waals surface area contributed by atoms with Crippen LogP contribution in [0.15, 0.2) is 16.7 Å². The average Bonchev–Trinajstić information content (AvgIpc) is 3.09. The van der Waals surface area contributed by atoms with Crippen molar-refractivity contribution >= 4 is 23.0 Å². The number of aromatic nitrogens is 2. The van der Waals surface area contributed by atoms with Crippen LogP contribution in [-0.2, 0) is 22.3 Å². The van der Waals surface area contributed by atoms with Gasteiger partial charge in [-0.1, -0.05) is 19.0 Å². The molecule has 1 amide bonds. The van der Waals surface area contributed by atoms with Crippen LogP contribution in [0.1, 0.15) is 43.9 Å².